The number of nitriles is 1. The minimum absolute atomic E-state index is 0.0516. The normalized spacial score (nSPS) is 11.4. The van der Waals surface area contributed by atoms with Crippen molar-refractivity contribution in [3.05, 3.63) is 33.3 Å². The molecule has 0 fully saturated rings. The van der Waals surface area contributed by atoms with Gasteiger partial charge in [0, 0.05) is 13.1 Å². The lowest BCUT2D eigenvalue weighted by molar-refractivity contribution is -0.147. The van der Waals surface area contributed by atoms with Crippen LogP contribution >= 0.6 is 23.8 Å². The predicted octanol–water partition coefficient (Wildman–Crippen LogP) is 3.19. The van der Waals surface area contributed by atoms with E-state index in [9.17, 15) is 18.3 Å². The predicted molar refractivity (Wildman–Crippen MR) is 69.8 cm³/mol. The summed E-state index contributed by atoms with van der Waals surface area (Å²) in [5.41, 5.74) is -0.161. The molecule has 1 heterocycles. The molecule has 0 saturated carbocycles. The summed E-state index contributed by atoms with van der Waals surface area (Å²) in [5, 5.41) is 21.7. The molecular weight excluding hydrogens is 329 g/mol. The highest BCUT2D eigenvalue weighted by Gasteiger charge is 2.37. The molecule has 2 rings (SSSR count). The number of phenolic OH excluding ortho intramolecular Hbond substituents is 1. The fourth-order valence-corrected chi connectivity index (χ4v) is 2.11. The van der Waals surface area contributed by atoms with Crippen molar-refractivity contribution in [2.75, 3.05) is 0 Å². The van der Waals surface area contributed by atoms with Crippen LogP contribution in [0.5, 0.6) is 5.75 Å². The van der Waals surface area contributed by atoms with Crippen LogP contribution in [0.4, 0.5) is 13.2 Å². The molecule has 0 amide bonds. The molecule has 0 unspecified atom stereocenters. The van der Waals surface area contributed by atoms with Crippen molar-refractivity contribution in [3.8, 4) is 17.5 Å². The standard InChI is InChI=1S/C11H6ClF3N4OS/c1-18-9(11(13,14)15)17-19(10(18)21)7-3-8(20)5(4-16)2-6(7)12/h2-3,20H,1H3. The Balaban J connectivity index is 2.73. The lowest BCUT2D eigenvalue weighted by atomic mass is 10.2. The van der Waals surface area contributed by atoms with Gasteiger partial charge in [-0.3, -0.25) is 4.57 Å². The van der Waals surface area contributed by atoms with Gasteiger partial charge in [0.25, 0.3) is 0 Å². The average molecular weight is 335 g/mol. The first-order valence-electron chi connectivity index (χ1n) is 5.33. The van der Waals surface area contributed by atoms with E-state index in [0.29, 0.717) is 4.57 Å². The summed E-state index contributed by atoms with van der Waals surface area (Å²) in [6.45, 7) is 0. The third kappa shape index (κ3) is 2.59. The van der Waals surface area contributed by atoms with Gasteiger partial charge in [0.05, 0.1) is 16.3 Å². The second kappa shape index (κ2) is 5.05. The average Bonchev–Trinajstić information content (AvgIpc) is 2.68. The highest BCUT2D eigenvalue weighted by Crippen LogP contribution is 2.31. The molecular formula is C11H6ClF3N4OS. The quantitative estimate of drug-likeness (QED) is 0.813. The van der Waals surface area contributed by atoms with E-state index in [1.807, 2.05) is 0 Å². The molecule has 0 saturated heterocycles. The van der Waals surface area contributed by atoms with E-state index in [2.05, 4.69) is 5.10 Å². The highest BCUT2D eigenvalue weighted by atomic mass is 35.5. The van der Waals surface area contributed by atoms with E-state index < -0.39 is 17.8 Å². The zero-order valence-electron chi connectivity index (χ0n) is 10.3. The van der Waals surface area contributed by atoms with Crippen LogP contribution in [0.1, 0.15) is 11.4 Å². The fraction of sp³-hybridized carbons (Fsp3) is 0.182. The van der Waals surface area contributed by atoms with Crippen molar-refractivity contribution in [1.82, 2.24) is 14.3 Å². The number of benzene rings is 1. The van der Waals surface area contributed by atoms with Gasteiger partial charge in [-0.15, -0.1) is 5.10 Å². The Morgan fingerprint density at radius 2 is 2.05 bits per heavy atom. The van der Waals surface area contributed by atoms with Crippen LogP contribution in [-0.4, -0.2) is 19.5 Å². The van der Waals surface area contributed by atoms with Crippen LogP contribution in [0.3, 0.4) is 0 Å². The Morgan fingerprint density at radius 1 is 1.43 bits per heavy atom. The number of phenols is 1. The molecule has 1 aromatic heterocycles. The van der Waals surface area contributed by atoms with Crippen molar-refractivity contribution in [2.24, 2.45) is 7.05 Å². The topological polar surface area (TPSA) is 66.8 Å². The Morgan fingerprint density at radius 3 is 2.52 bits per heavy atom. The number of nitrogens with zero attached hydrogens (tertiary/aromatic N) is 4. The van der Waals surface area contributed by atoms with Gasteiger partial charge in [0.15, 0.2) is 0 Å². The molecule has 0 radical (unpaired) electrons. The van der Waals surface area contributed by atoms with Gasteiger partial charge in [0.2, 0.25) is 10.6 Å². The first kappa shape index (κ1) is 15.3. The van der Waals surface area contributed by atoms with Gasteiger partial charge in [0.1, 0.15) is 11.8 Å². The van der Waals surface area contributed by atoms with Gasteiger partial charge < -0.3 is 5.11 Å². The van der Waals surface area contributed by atoms with E-state index in [0.717, 1.165) is 23.9 Å². The Bertz CT molecular complexity index is 819. The maximum atomic E-state index is 12.8. The van der Waals surface area contributed by atoms with Crippen LogP contribution in [0.25, 0.3) is 5.69 Å². The number of aromatic nitrogens is 3. The minimum Gasteiger partial charge on any atom is -0.506 e. The van der Waals surface area contributed by atoms with Crippen molar-refractivity contribution >= 4 is 23.8 Å². The zero-order chi connectivity index (χ0) is 15.9. The first-order valence-corrected chi connectivity index (χ1v) is 6.11. The lowest BCUT2D eigenvalue weighted by Crippen LogP contribution is -2.12. The molecule has 1 aromatic carbocycles. The van der Waals surface area contributed by atoms with E-state index >= 15 is 0 Å². The Kier molecular flexibility index (Phi) is 3.69. The molecule has 2 aromatic rings. The molecule has 0 aliphatic heterocycles. The van der Waals surface area contributed by atoms with Crippen LogP contribution < -0.4 is 0 Å². The maximum Gasteiger partial charge on any atom is 0.451 e. The number of rotatable bonds is 1. The molecule has 110 valence electrons. The first-order chi connectivity index (χ1) is 9.66. The number of alkyl halides is 3. The van der Waals surface area contributed by atoms with E-state index in [1.165, 1.54) is 0 Å². The number of hydrogen-bond donors (Lipinski definition) is 1. The van der Waals surface area contributed by atoms with Gasteiger partial charge in [-0.05, 0) is 18.3 Å². The maximum absolute atomic E-state index is 12.8. The second-order valence-electron chi connectivity index (χ2n) is 4.01. The molecule has 0 bridgehead atoms. The molecule has 5 nitrogen and oxygen atoms in total. The fourth-order valence-electron chi connectivity index (χ4n) is 1.64. The molecule has 21 heavy (non-hydrogen) atoms. The van der Waals surface area contributed by atoms with Crippen LogP contribution in [0, 0.1) is 16.1 Å². The van der Waals surface area contributed by atoms with Gasteiger partial charge >= 0.3 is 6.18 Å². The molecule has 0 aliphatic rings. The summed E-state index contributed by atoms with van der Waals surface area (Å²) in [4.78, 5) is 0. The number of aromatic hydroxyl groups is 1. The van der Waals surface area contributed by atoms with Gasteiger partial charge in [-0.1, -0.05) is 11.6 Å². The van der Waals surface area contributed by atoms with Crippen molar-refractivity contribution in [2.45, 2.75) is 6.18 Å². The van der Waals surface area contributed by atoms with Gasteiger partial charge in [-0.25, -0.2) is 4.68 Å². The second-order valence-corrected chi connectivity index (χ2v) is 4.78. The van der Waals surface area contributed by atoms with Crippen molar-refractivity contribution in [1.29, 1.82) is 5.26 Å². The van der Waals surface area contributed by atoms with Crippen LogP contribution in [-0.2, 0) is 13.2 Å². The Hall–Kier alpha value is -2.05. The van der Waals surface area contributed by atoms with E-state index in [-0.39, 0.29) is 21.0 Å². The number of hydrogen-bond acceptors (Lipinski definition) is 4. The van der Waals surface area contributed by atoms with Gasteiger partial charge in [-0.2, -0.15) is 18.4 Å². The third-order valence-corrected chi connectivity index (χ3v) is 3.40. The van der Waals surface area contributed by atoms with Crippen LogP contribution in [0.2, 0.25) is 5.02 Å². The molecule has 0 aliphatic carbocycles. The van der Waals surface area contributed by atoms with Crippen molar-refractivity contribution < 1.29 is 18.3 Å². The summed E-state index contributed by atoms with van der Waals surface area (Å²) in [7, 11) is 1.12. The molecule has 0 atom stereocenters. The summed E-state index contributed by atoms with van der Waals surface area (Å²) < 4.78 is 39.6. The molecule has 10 heteroatoms. The molecule has 1 N–H and O–H groups in total. The minimum atomic E-state index is -4.69. The highest BCUT2D eigenvalue weighted by molar-refractivity contribution is 7.71. The molecule has 0 spiro atoms. The lowest BCUT2D eigenvalue weighted by Gasteiger charge is -2.06. The monoisotopic (exact) mass is 334 g/mol. The SMILES string of the molecule is Cn1c(C(F)(F)F)nn(-c2cc(O)c(C#N)cc2Cl)c1=S. The van der Waals surface area contributed by atoms with Crippen molar-refractivity contribution in [3.63, 3.8) is 0 Å². The van der Waals surface area contributed by atoms with E-state index in [1.54, 1.807) is 6.07 Å². The van der Waals surface area contributed by atoms with Crippen LogP contribution in [0.15, 0.2) is 12.1 Å². The zero-order valence-corrected chi connectivity index (χ0v) is 11.9. The van der Waals surface area contributed by atoms with E-state index in [4.69, 9.17) is 29.1 Å². The summed E-state index contributed by atoms with van der Waals surface area (Å²) in [6, 6.07) is 3.85. The Labute approximate surface area is 126 Å². The smallest absolute Gasteiger partial charge is 0.451 e. The summed E-state index contributed by atoms with van der Waals surface area (Å²) in [6.07, 6.45) is -4.69. The largest absolute Gasteiger partial charge is 0.506 e. The third-order valence-electron chi connectivity index (χ3n) is 2.65. The summed E-state index contributed by atoms with van der Waals surface area (Å²) >= 11 is 10.8. The summed E-state index contributed by atoms with van der Waals surface area (Å²) in [5.74, 6) is -1.63. The number of halogens is 4.